The second-order valence-electron chi connectivity index (χ2n) is 7.18. The van der Waals surface area contributed by atoms with E-state index in [4.69, 9.17) is 21.6 Å². The largest absolute Gasteiger partial charge is 0.496 e. The third-order valence-corrected chi connectivity index (χ3v) is 5.54. The molecule has 0 aliphatic rings. The van der Waals surface area contributed by atoms with Gasteiger partial charge in [-0.3, -0.25) is 0 Å². The molecular formula is C19H20ClF3N4OS. The van der Waals surface area contributed by atoms with Crippen molar-refractivity contribution >= 4 is 28.8 Å². The molecule has 0 saturated heterocycles. The molecule has 1 heterocycles. The van der Waals surface area contributed by atoms with Crippen molar-refractivity contribution in [3.8, 4) is 11.9 Å². The number of halogens is 4. The first kappa shape index (κ1) is 23.0. The highest BCUT2D eigenvalue weighted by Crippen LogP contribution is 2.27. The fourth-order valence-electron chi connectivity index (χ4n) is 2.36. The molecule has 2 rings (SSSR count). The summed E-state index contributed by atoms with van der Waals surface area (Å²) in [6, 6.07) is 4.76. The maximum absolute atomic E-state index is 12.8. The van der Waals surface area contributed by atoms with Crippen molar-refractivity contribution in [2.45, 2.75) is 45.3 Å². The van der Waals surface area contributed by atoms with Crippen LogP contribution in [0, 0.1) is 11.5 Å². The van der Waals surface area contributed by atoms with Gasteiger partial charge in [-0.2, -0.15) is 28.4 Å². The van der Waals surface area contributed by atoms with Gasteiger partial charge in [-0.25, -0.2) is 0 Å². The number of nitrogens with zero attached hydrogens (tertiary/aromatic N) is 4. The first-order valence-corrected chi connectivity index (χ1v) is 9.77. The van der Waals surface area contributed by atoms with Crippen LogP contribution >= 0.6 is 22.9 Å². The average Bonchev–Trinajstić information content (AvgIpc) is 3.02. The molecule has 1 aromatic carbocycles. The van der Waals surface area contributed by atoms with E-state index in [1.54, 1.807) is 30.6 Å². The molecule has 0 aliphatic heterocycles. The molecule has 5 nitrogen and oxygen atoms in total. The lowest BCUT2D eigenvalue weighted by molar-refractivity contribution is -0.136. The summed E-state index contributed by atoms with van der Waals surface area (Å²) in [4.78, 5) is 9.31. The van der Waals surface area contributed by atoms with Crippen LogP contribution in [-0.4, -0.2) is 23.7 Å². The molecule has 0 aliphatic carbocycles. The van der Waals surface area contributed by atoms with Gasteiger partial charge in [0.15, 0.2) is 10.6 Å². The number of alkyl halides is 3. The second-order valence-corrected chi connectivity index (χ2v) is 8.62. The minimum Gasteiger partial charge on any atom is -0.496 e. The number of methoxy groups -OCH3 is 1. The molecule has 10 heteroatoms. The monoisotopic (exact) mass is 444 g/mol. The first-order valence-electron chi connectivity index (χ1n) is 8.57. The Hall–Kier alpha value is -2.31. The fourth-order valence-corrected chi connectivity index (χ4v) is 3.61. The van der Waals surface area contributed by atoms with Gasteiger partial charge < -0.3 is 9.30 Å². The van der Waals surface area contributed by atoms with Crippen LogP contribution < -0.4 is 9.54 Å². The minimum atomic E-state index is -4.30. The van der Waals surface area contributed by atoms with E-state index in [1.807, 2.05) is 20.8 Å². The number of amidine groups is 1. The summed E-state index contributed by atoms with van der Waals surface area (Å²) in [6.07, 6.45) is -1.95. The SMILES string of the molecule is COc1ccc(Cl)cc1C(=NC#N)/N=c1\sc(C(C)(C)C)cn1CCC(F)(F)F. The molecule has 0 saturated carbocycles. The lowest BCUT2D eigenvalue weighted by Gasteiger charge is -2.14. The number of hydrogen-bond acceptors (Lipinski definition) is 4. The first-order chi connectivity index (χ1) is 13.4. The van der Waals surface area contributed by atoms with Crippen LogP contribution in [0.3, 0.4) is 0 Å². The quantitative estimate of drug-likeness (QED) is 0.365. The molecule has 0 atom stereocenters. The second kappa shape index (κ2) is 9.01. The van der Waals surface area contributed by atoms with E-state index in [-0.39, 0.29) is 17.8 Å². The summed E-state index contributed by atoms with van der Waals surface area (Å²) in [6.45, 7) is 5.59. The van der Waals surface area contributed by atoms with Gasteiger partial charge in [0, 0.05) is 22.6 Å². The highest BCUT2D eigenvalue weighted by atomic mass is 35.5. The number of aliphatic imine (C=N–C) groups is 1. The number of rotatable bonds is 4. The topological polar surface area (TPSA) is 62.7 Å². The smallest absolute Gasteiger partial charge is 0.390 e. The van der Waals surface area contributed by atoms with Crippen molar-refractivity contribution in [1.29, 1.82) is 5.26 Å². The van der Waals surface area contributed by atoms with E-state index < -0.39 is 12.6 Å². The molecule has 0 spiro atoms. The van der Waals surface area contributed by atoms with Crippen molar-refractivity contribution < 1.29 is 17.9 Å². The number of aromatic nitrogens is 1. The minimum absolute atomic E-state index is 0.00918. The number of thiazole rings is 1. The van der Waals surface area contributed by atoms with Gasteiger partial charge in [0.25, 0.3) is 0 Å². The van der Waals surface area contributed by atoms with Crippen molar-refractivity contribution in [3.63, 3.8) is 0 Å². The van der Waals surface area contributed by atoms with Crippen LogP contribution in [0.4, 0.5) is 13.2 Å². The Morgan fingerprint density at radius 2 is 2.00 bits per heavy atom. The number of ether oxygens (including phenoxy) is 1. The van der Waals surface area contributed by atoms with E-state index in [0.717, 1.165) is 4.88 Å². The Labute approximate surface area is 175 Å². The summed E-state index contributed by atoms with van der Waals surface area (Å²) in [5.74, 6) is 0.400. The van der Waals surface area contributed by atoms with Crippen LogP contribution in [0.5, 0.6) is 5.75 Å². The van der Waals surface area contributed by atoms with Crippen molar-refractivity contribution in [1.82, 2.24) is 4.57 Å². The number of nitriles is 1. The maximum atomic E-state index is 12.8. The normalized spacial score (nSPS) is 13.5. The van der Waals surface area contributed by atoms with Gasteiger partial charge in [-0.1, -0.05) is 32.4 Å². The third-order valence-electron chi connectivity index (χ3n) is 3.86. The predicted molar refractivity (Wildman–Crippen MR) is 107 cm³/mol. The van der Waals surface area contributed by atoms with Gasteiger partial charge in [0.05, 0.1) is 19.1 Å². The highest BCUT2D eigenvalue weighted by molar-refractivity contribution is 7.09. The average molecular weight is 445 g/mol. The van der Waals surface area contributed by atoms with Gasteiger partial charge in [-0.05, 0) is 23.6 Å². The van der Waals surface area contributed by atoms with Gasteiger partial charge in [0.2, 0.25) is 6.19 Å². The molecule has 0 N–H and O–H groups in total. The zero-order chi connectivity index (χ0) is 21.8. The fraction of sp³-hybridized carbons (Fsp3) is 0.421. The van der Waals surface area contributed by atoms with Gasteiger partial charge in [-0.15, -0.1) is 11.3 Å². The van der Waals surface area contributed by atoms with Crippen LogP contribution in [0.15, 0.2) is 34.4 Å². The third kappa shape index (κ3) is 6.34. The Kier molecular flexibility index (Phi) is 7.14. The molecule has 29 heavy (non-hydrogen) atoms. The Morgan fingerprint density at radius 1 is 1.31 bits per heavy atom. The molecule has 2 aromatic rings. The van der Waals surface area contributed by atoms with Crippen molar-refractivity contribution in [2.24, 2.45) is 9.98 Å². The number of hydrogen-bond donors (Lipinski definition) is 0. The zero-order valence-corrected chi connectivity index (χ0v) is 17.9. The highest BCUT2D eigenvalue weighted by Gasteiger charge is 2.27. The molecular weight excluding hydrogens is 425 g/mol. The van der Waals surface area contributed by atoms with E-state index in [1.165, 1.54) is 23.0 Å². The van der Waals surface area contributed by atoms with Crippen molar-refractivity contribution in [2.75, 3.05) is 7.11 Å². The van der Waals surface area contributed by atoms with Crippen LogP contribution in [-0.2, 0) is 12.0 Å². The molecule has 0 bridgehead atoms. The Balaban J connectivity index is 2.65. The number of benzene rings is 1. The molecule has 0 fully saturated rings. The van der Waals surface area contributed by atoms with Crippen LogP contribution in [0.1, 0.15) is 37.6 Å². The molecule has 1 aromatic heterocycles. The summed E-state index contributed by atoms with van der Waals surface area (Å²) >= 11 is 7.30. The van der Waals surface area contributed by atoms with Gasteiger partial charge in [0.1, 0.15) is 5.75 Å². The lowest BCUT2D eigenvalue weighted by Crippen LogP contribution is -2.20. The standard InChI is InChI=1S/C19H20ClF3N4OS/c1-18(2,3)15-10-27(8-7-19(21,22)23)17(29-15)26-16(25-11-24)13-9-12(20)5-6-14(13)28-4/h5-6,9-10H,7-8H2,1-4H3/b25-16?,26-17-. The summed E-state index contributed by atoms with van der Waals surface area (Å²) in [5.41, 5.74) is 0.0910. The van der Waals surface area contributed by atoms with Gasteiger partial charge >= 0.3 is 6.18 Å². The summed E-state index contributed by atoms with van der Waals surface area (Å²) < 4.78 is 45.0. The Bertz CT molecular complexity index is 1010. The van der Waals surface area contributed by atoms with E-state index in [0.29, 0.717) is 21.1 Å². The Morgan fingerprint density at radius 3 is 2.55 bits per heavy atom. The lowest BCUT2D eigenvalue weighted by atomic mass is 9.95. The van der Waals surface area contributed by atoms with E-state index >= 15 is 0 Å². The zero-order valence-electron chi connectivity index (χ0n) is 16.3. The van der Waals surface area contributed by atoms with Crippen LogP contribution in [0.25, 0.3) is 0 Å². The molecule has 0 radical (unpaired) electrons. The van der Waals surface area contributed by atoms with Crippen LogP contribution in [0.2, 0.25) is 5.02 Å². The molecule has 0 amide bonds. The van der Waals surface area contributed by atoms with E-state index in [9.17, 15) is 13.2 Å². The number of aryl methyl sites for hydroxylation is 1. The summed E-state index contributed by atoms with van der Waals surface area (Å²) in [5, 5.41) is 9.48. The van der Waals surface area contributed by atoms with E-state index in [2.05, 4.69) is 9.98 Å². The summed E-state index contributed by atoms with van der Waals surface area (Å²) in [7, 11) is 1.45. The molecule has 156 valence electrons. The predicted octanol–water partition coefficient (Wildman–Crippen LogP) is 5.29. The molecule has 0 unspecified atom stereocenters. The van der Waals surface area contributed by atoms with Crippen molar-refractivity contribution in [3.05, 3.63) is 44.7 Å². The maximum Gasteiger partial charge on any atom is 0.390 e.